The van der Waals surface area contributed by atoms with Gasteiger partial charge in [0, 0.05) is 23.3 Å². The average Bonchev–Trinajstić information content (AvgIpc) is 3.30. The summed E-state index contributed by atoms with van der Waals surface area (Å²) in [6.07, 6.45) is 0.928. The molecule has 31 heavy (non-hydrogen) atoms. The fourth-order valence-corrected chi connectivity index (χ4v) is 4.41. The van der Waals surface area contributed by atoms with Gasteiger partial charge in [0.05, 0.1) is 17.7 Å². The molecule has 1 amide bonds. The van der Waals surface area contributed by atoms with Crippen LogP contribution in [-0.2, 0) is 11.2 Å². The average molecular weight is 440 g/mol. The summed E-state index contributed by atoms with van der Waals surface area (Å²) in [4.78, 5) is 30.7. The zero-order valence-corrected chi connectivity index (χ0v) is 18.3. The molecular weight excluding hydrogens is 417 g/mol. The third-order valence-electron chi connectivity index (χ3n) is 4.96. The number of amides is 1. The van der Waals surface area contributed by atoms with Crippen molar-refractivity contribution in [3.05, 3.63) is 69.0 Å². The van der Waals surface area contributed by atoms with Crippen LogP contribution in [0.25, 0.3) is 21.9 Å². The van der Waals surface area contributed by atoms with Gasteiger partial charge < -0.3 is 5.32 Å². The van der Waals surface area contributed by atoms with E-state index < -0.39 is 5.82 Å². The minimum Gasteiger partial charge on any atom is -0.356 e. The topological polar surface area (TPSA) is 81.3 Å². The number of carbonyl (C=O) groups is 1. The van der Waals surface area contributed by atoms with Crippen molar-refractivity contribution in [2.45, 2.75) is 33.6 Å². The molecule has 0 aliphatic heterocycles. The molecule has 0 atom stereocenters. The number of aromatic nitrogens is 4. The first-order chi connectivity index (χ1) is 14.9. The number of fused-ring (bicyclic) bond motifs is 1. The van der Waals surface area contributed by atoms with Crippen molar-refractivity contribution in [2.24, 2.45) is 0 Å². The maximum absolute atomic E-state index is 14.3. The predicted molar refractivity (Wildman–Crippen MR) is 118 cm³/mol. The van der Waals surface area contributed by atoms with Gasteiger partial charge in [-0.3, -0.25) is 14.0 Å². The molecule has 0 bridgehead atoms. The van der Waals surface area contributed by atoms with E-state index in [9.17, 15) is 14.0 Å². The van der Waals surface area contributed by atoms with Crippen molar-refractivity contribution in [3.63, 3.8) is 0 Å². The lowest BCUT2D eigenvalue weighted by molar-refractivity contribution is -0.120. The monoisotopic (exact) mass is 439 g/mol. The molecular formula is C22H22FN5O2S. The molecule has 4 rings (SSSR count). The number of nitrogens with one attached hydrogen (secondary N) is 1. The lowest BCUT2D eigenvalue weighted by atomic mass is 10.1. The van der Waals surface area contributed by atoms with Crippen LogP contribution in [0.5, 0.6) is 0 Å². The van der Waals surface area contributed by atoms with Gasteiger partial charge in [0.2, 0.25) is 5.91 Å². The maximum atomic E-state index is 14.3. The van der Waals surface area contributed by atoms with E-state index in [1.807, 2.05) is 6.92 Å². The molecule has 0 saturated carbocycles. The van der Waals surface area contributed by atoms with Gasteiger partial charge in [0.15, 0.2) is 4.96 Å². The molecule has 0 aliphatic rings. The second-order valence-electron chi connectivity index (χ2n) is 7.28. The Morgan fingerprint density at radius 2 is 2.03 bits per heavy atom. The first-order valence-corrected chi connectivity index (χ1v) is 10.9. The minimum atomic E-state index is -0.402. The summed E-state index contributed by atoms with van der Waals surface area (Å²) < 4.78 is 17.2. The number of hydrogen-bond donors (Lipinski definition) is 1. The van der Waals surface area contributed by atoms with Gasteiger partial charge >= 0.3 is 0 Å². The second-order valence-corrected chi connectivity index (χ2v) is 8.12. The van der Waals surface area contributed by atoms with Gasteiger partial charge in [-0.05, 0) is 38.5 Å². The standard InChI is InChI=1S/C22H22FN5O2S/c1-4-9-24-19(29)11-15-12-31-22-25-14(3)20(21(30)27(15)22)17-10-13(2)28(26-17)18-8-6-5-7-16(18)23/h5-8,10,12H,4,9,11H2,1-3H3,(H,24,29). The summed E-state index contributed by atoms with van der Waals surface area (Å²) in [7, 11) is 0. The summed E-state index contributed by atoms with van der Waals surface area (Å²) >= 11 is 1.32. The second kappa shape index (κ2) is 8.43. The molecule has 3 aromatic heterocycles. The van der Waals surface area contributed by atoms with E-state index in [1.54, 1.807) is 43.5 Å². The molecule has 1 aromatic carbocycles. The summed E-state index contributed by atoms with van der Waals surface area (Å²) in [5, 5.41) is 9.11. The van der Waals surface area contributed by atoms with Crippen LogP contribution in [-0.4, -0.2) is 31.6 Å². The van der Waals surface area contributed by atoms with E-state index in [-0.39, 0.29) is 17.9 Å². The van der Waals surface area contributed by atoms with Crippen LogP contribution in [0.15, 0.2) is 40.5 Å². The Kier molecular flexibility index (Phi) is 5.69. The molecule has 0 fully saturated rings. The van der Waals surface area contributed by atoms with Crippen LogP contribution in [0.1, 0.15) is 30.4 Å². The highest BCUT2D eigenvalue weighted by atomic mass is 32.1. The minimum absolute atomic E-state index is 0.0901. The van der Waals surface area contributed by atoms with Crippen molar-refractivity contribution in [3.8, 4) is 16.9 Å². The lowest BCUT2D eigenvalue weighted by Crippen LogP contribution is -2.28. The number of carbonyl (C=O) groups excluding carboxylic acids is 1. The van der Waals surface area contributed by atoms with Crippen LogP contribution in [0.2, 0.25) is 0 Å². The first kappa shape index (κ1) is 20.9. The molecule has 1 N–H and O–H groups in total. The summed E-state index contributed by atoms with van der Waals surface area (Å²) in [5.74, 6) is -0.546. The summed E-state index contributed by atoms with van der Waals surface area (Å²) in [6, 6.07) is 8.08. The summed E-state index contributed by atoms with van der Waals surface area (Å²) in [5.41, 5.74) is 2.57. The van der Waals surface area contributed by atoms with E-state index in [0.717, 1.165) is 6.42 Å². The first-order valence-electron chi connectivity index (χ1n) is 9.99. The van der Waals surface area contributed by atoms with Crippen LogP contribution in [0, 0.1) is 19.7 Å². The van der Waals surface area contributed by atoms with Crippen molar-refractivity contribution >= 4 is 22.2 Å². The normalized spacial score (nSPS) is 11.2. The zero-order valence-electron chi connectivity index (χ0n) is 17.5. The highest BCUT2D eigenvalue weighted by molar-refractivity contribution is 7.15. The van der Waals surface area contributed by atoms with Gasteiger partial charge in [0.25, 0.3) is 5.56 Å². The zero-order chi connectivity index (χ0) is 22.1. The fourth-order valence-electron chi connectivity index (χ4n) is 3.48. The number of nitrogens with zero attached hydrogens (tertiary/aromatic N) is 4. The molecule has 7 nitrogen and oxygen atoms in total. The Morgan fingerprint density at radius 3 is 2.77 bits per heavy atom. The quantitative estimate of drug-likeness (QED) is 0.499. The van der Waals surface area contributed by atoms with Gasteiger partial charge in [-0.1, -0.05) is 19.1 Å². The van der Waals surface area contributed by atoms with Crippen molar-refractivity contribution in [1.29, 1.82) is 0 Å². The van der Waals surface area contributed by atoms with Gasteiger partial charge in [-0.2, -0.15) is 5.10 Å². The predicted octanol–water partition coefficient (Wildman–Crippen LogP) is 3.43. The number of rotatable bonds is 6. The lowest BCUT2D eigenvalue weighted by Gasteiger charge is -2.07. The fraction of sp³-hybridized carbons (Fsp3) is 0.273. The van der Waals surface area contributed by atoms with E-state index in [1.165, 1.54) is 26.5 Å². The van der Waals surface area contributed by atoms with Crippen molar-refractivity contribution in [2.75, 3.05) is 6.54 Å². The maximum Gasteiger partial charge on any atom is 0.268 e. The SMILES string of the molecule is CCCNC(=O)Cc1csc2nc(C)c(-c3cc(C)n(-c4ccccc4F)n3)c(=O)n12. The highest BCUT2D eigenvalue weighted by Gasteiger charge is 2.20. The third-order valence-corrected chi connectivity index (χ3v) is 5.83. The number of halogens is 1. The van der Waals surface area contributed by atoms with Crippen molar-refractivity contribution in [1.82, 2.24) is 24.5 Å². The molecule has 0 unspecified atom stereocenters. The van der Waals surface area contributed by atoms with E-state index in [0.29, 0.717) is 45.5 Å². The Hall–Kier alpha value is -3.33. The van der Waals surface area contributed by atoms with E-state index in [2.05, 4.69) is 15.4 Å². The van der Waals surface area contributed by atoms with Gasteiger partial charge in [-0.15, -0.1) is 11.3 Å². The van der Waals surface area contributed by atoms with E-state index in [4.69, 9.17) is 0 Å². The number of thiazole rings is 1. The molecule has 160 valence electrons. The number of hydrogen-bond acceptors (Lipinski definition) is 5. The highest BCUT2D eigenvalue weighted by Crippen LogP contribution is 2.24. The van der Waals surface area contributed by atoms with Gasteiger partial charge in [-0.25, -0.2) is 14.1 Å². The number of aryl methyl sites for hydroxylation is 2. The Labute approximate surface area is 182 Å². The molecule has 0 saturated heterocycles. The molecule has 0 spiro atoms. The molecule has 0 aliphatic carbocycles. The summed E-state index contributed by atoms with van der Waals surface area (Å²) in [6.45, 7) is 6.12. The largest absolute Gasteiger partial charge is 0.356 e. The Balaban J connectivity index is 1.81. The van der Waals surface area contributed by atoms with Crippen molar-refractivity contribution < 1.29 is 9.18 Å². The van der Waals surface area contributed by atoms with E-state index >= 15 is 0 Å². The van der Waals surface area contributed by atoms with Gasteiger partial charge in [0.1, 0.15) is 17.2 Å². The smallest absolute Gasteiger partial charge is 0.268 e. The Bertz CT molecular complexity index is 1340. The van der Waals surface area contributed by atoms with Crippen LogP contribution < -0.4 is 10.9 Å². The Morgan fingerprint density at radius 1 is 1.26 bits per heavy atom. The number of benzene rings is 1. The van der Waals surface area contributed by atoms with Crippen LogP contribution in [0.4, 0.5) is 4.39 Å². The third kappa shape index (κ3) is 3.88. The molecule has 4 aromatic rings. The number of para-hydroxylation sites is 1. The van der Waals surface area contributed by atoms with Crippen LogP contribution in [0.3, 0.4) is 0 Å². The molecule has 0 radical (unpaired) electrons. The molecule has 9 heteroatoms. The van der Waals surface area contributed by atoms with Crippen LogP contribution >= 0.6 is 11.3 Å². The molecule has 3 heterocycles.